The zero-order valence-electron chi connectivity index (χ0n) is 12.0. The molecule has 1 aromatic heterocycles. The van der Waals surface area contributed by atoms with Gasteiger partial charge < -0.3 is 5.32 Å². The summed E-state index contributed by atoms with van der Waals surface area (Å²) in [5.74, 6) is 0.247. The predicted octanol–water partition coefficient (Wildman–Crippen LogP) is 2.21. The Morgan fingerprint density at radius 2 is 2.14 bits per heavy atom. The third-order valence-corrected chi connectivity index (χ3v) is 5.44. The maximum atomic E-state index is 11.8. The van der Waals surface area contributed by atoms with Gasteiger partial charge in [-0.2, -0.15) is 0 Å². The Morgan fingerprint density at radius 1 is 1.38 bits per heavy atom. The van der Waals surface area contributed by atoms with E-state index in [1.54, 1.807) is 12.5 Å². The average Bonchev–Trinajstić information content (AvgIpc) is 2.50. The highest BCUT2D eigenvalue weighted by molar-refractivity contribution is 8.00. The van der Waals surface area contributed by atoms with E-state index in [0.717, 1.165) is 15.8 Å². The molecule has 21 heavy (non-hydrogen) atoms. The summed E-state index contributed by atoms with van der Waals surface area (Å²) >= 11 is 1.42. The fourth-order valence-corrected chi connectivity index (χ4v) is 2.93. The average molecular weight is 322 g/mol. The second-order valence-corrected chi connectivity index (χ2v) is 7.51. The third-order valence-electron chi connectivity index (χ3n) is 3.13. The molecule has 6 heteroatoms. The number of benzene rings is 1. The minimum absolute atomic E-state index is 0.0327. The van der Waals surface area contributed by atoms with Crippen LogP contribution in [-0.4, -0.2) is 38.9 Å². The van der Waals surface area contributed by atoms with E-state index >= 15 is 0 Å². The number of aromatic nitrogens is 1. The Hall–Kier alpha value is -1.40. The number of pyridine rings is 1. The zero-order valence-corrected chi connectivity index (χ0v) is 13.7. The van der Waals surface area contributed by atoms with Crippen molar-refractivity contribution >= 4 is 39.2 Å². The van der Waals surface area contributed by atoms with Crippen molar-refractivity contribution < 1.29 is 9.00 Å². The normalized spacial score (nSPS) is 13.8. The molecule has 0 aliphatic rings. The van der Waals surface area contributed by atoms with Crippen LogP contribution < -0.4 is 5.32 Å². The summed E-state index contributed by atoms with van der Waals surface area (Å²) in [5, 5.41) is 5.80. The molecule has 1 aromatic carbocycles. The number of nitrogens with zero attached hydrogens (tertiary/aromatic N) is 1. The van der Waals surface area contributed by atoms with Crippen LogP contribution in [0.2, 0.25) is 0 Å². The van der Waals surface area contributed by atoms with E-state index in [1.165, 1.54) is 11.8 Å². The number of carbonyl (C=O) groups is 1. The molecule has 0 fully saturated rings. The number of rotatable bonds is 6. The summed E-state index contributed by atoms with van der Waals surface area (Å²) < 4.78 is 11.2. The van der Waals surface area contributed by atoms with Gasteiger partial charge in [-0.05, 0) is 18.4 Å². The highest BCUT2D eigenvalue weighted by atomic mass is 32.2. The Morgan fingerprint density at radius 3 is 2.90 bits per heavy atom. The summed E-state index contributed by atoms with van der Waals surface area (Å²) in [6.07, 6.45) is 3.40. The summed E-state index contributed by atoms with van der Waals surface area (Å²) in [7, 11) is -0.919. The first kappa shape index (κ1) is 16.0. The van der Waals surface area contributed by atoms with E-state index in [1.807, 2.05) is 37.3 Å². The molecule has 1 heterocycles. The topological polar surface area (TPSA) is 59.1 Å². The van der Waals surface area contributed by atoms with Gasteiger partial charge in [0.2, 0.25) is 5.91 Å². The number of thioether (sulfide) groups is 1. The van der Waals surface area contributed by atoms with Crippen molar-refractivity contribution in [1.29, 1.82) is 0 Å². The van der Waals surface area contributed by atoms with Gasteiger partial charge in [-0.1, -0.05) is 36.0 Å². The highest BCUT2D eigenvalue weighted by Crippen LogP contribution is 2.25. The monoisotopic (exact) mass is 322 g/mol. The molecule has 1 amide bonds. The van der Waals surface area contributed by atoms with Gasteiger partial charge in [0.05, 0.1) is 5.75 Å². The Bertz CT molecular complexity index is 656. The summed E-state index contributed by atoms with van der Waals surface area (Å²) in [6, 6.07) is 9.93. The Kier molecular flexibility index (Phi) is 5.76. The molecule has 2 rings (SSSR count). The number of hydrogen-bond acceptors (Lipinski definition) is 4. The van der Waals surface area contributed by atoms with E-state index in [2.05, 4.69) is 10.3 Å². The first-order valence-corrected chi connectivity index (χ1v) is 9.24. The largest absolute Gasteiger partial charge is 0.354 e. The Balaban J connectivity index is 1.93. The van der Waals surface area contributed by atoms with E-state index in [-0.39, 0.29) is 11.2 Å². The van der Waals surface area contributed by atoms with Crippen LogP contribution in [0.3, 0.4) is 0 Å². The molecule has 0 radical (unpaired) electrons. The van der Waals surface area contributed by atoms with Crippen LogP contribution in [0.25, 0.3) is 10.8 Å². The minimum Gasteiger partial charge on any atom is -0.354 e. The van der Waals surface area contributed by atoms with Crippen LogP contribution in [0.5, 0.6) is 0 Å². The number of carbonyl (C=O) groups excluding carboxylic acids is 1. The summed E-state index contributed by atoms with van der Waals surface area (Å²) in [5.41, 5.74) is 0. The minimum atomic E-state index is -0.919. The number of fused-ring (bicyclic) bond motifs is 1. The molecule has 112 valence electrons. The maximum absolute atomic E-state index is 11.8. The molecule has 0 saturated carbocycles. The standard InChI is InChI=1S/C15H18N2O2S2/c1-11(21(2)19)9-17-14(18)10-20-15-13-6-4-3-5-12(13)7-8-16-15/h3-8,11H,9-10H2,1-2H3,(H,17,18)/t11-,21-/m1/s1. The molecule has 4 nitrogen and oxygen atoms in total. The van der Waals surface area contributed by atoms with E-state index in [9.17, 15) is 9.00 Å². The molecule has 0 aliphatic carbocycles. The summed E-state index contributed by atoms with van der Waals surface area (Å²) in [4.78, 5) is 16.2. The van der Waals surface area contributed by atoms with Crippen LogP contribution in [0.1, 0.15) is 6.92 Å². The molecule has 0 saturated heterocycles. The lowest BCUT2D eigenvalue weighted by molar-refractivity contribution is -0.118. The van der Waals surface area contributed by atoms with Crippen molar-refractivity contribution in [1.82, 2.24) is 10.3 Å². The lowest BCUT2D eigenvalue weighted by Crippen LogP contribution is -2.33. The van der Waals surface area contributed by atoms with Crippen LogP contribution in [0.4, 0.5) is 0 Å². The van der Waals surface area contributed by atoms with Crippen LogP contribution in [0.15, 0.2) is 41.6 Å². The molecule has 0 bridgehead atoms. The van der Waals surface area contributed by atoms with Crippen molar-refractivity contribution in [3.63, 3.8) is 0 Å². The van der Waals surface area contributed by atoms with Crippen molar-refractivity contribution in [3.05, 3.63) is 36.5 Å². The number of nitrogens with one attached hydrogen (secondary N) is 1. The van der Waals surface area contributed by atoms with Crippen molar-refractivity contribution in [2.24, 2.45) is 0 Å². The van der Waals surface area contributed by atoms with Gasteiger partial charge in [0.15, 0.2) is 0 Å². The molecular weight excluding hydrogens is 304 g/mol. The quantitative estimate of drug-likeness (QED) is 0.829. The fraction of sp³-hybridized carbons (Fsp3) is 0.333. The van der Waals surface area contributed by atoms with Gasteiger partial charge in [0, 0.05) is 40.4 Å². The van der Waals surface area contributed by atoms with Gasteiger partial charge in [-0.15, -0.1) is 0 Å². The Labute approximate surface area is 131 Å². The van der Waals surface area contributed by atoms with Crippen molar-refractivity contribution in [3.8, 4) is 0 Å². The predicted molar refractivity (Wildman–Crippen MR) is 89.0 cm³/mol. The second kappa shape index (κ2) is 7.56. The molecule has 0 unspecified atom stereocenters. The van der Waals surface area contributed by atoms with Crippen molar-refractivity contribution in [2.45, 2.75) is 17.2 Å². The number of amides is 1. The smallest absolute Gasteiger partial charge is 0.230 e. The lowest BCUT2D eigenvalue weighted by atomic mass is 10.2. The fourth-order valence-electron chi connectivity index (χ4n) is 1.77. The van der Waals surface area contributed by atoms with Gasteiger partial charge in [0.25, 0.3) is 0 Å². The first-order valence-electron chi connectivity index (χ1n) is 6.63. The molecule has 1 N–H and O–H groups in total. The highest BCUT2D eigenvalue weighted by Gasteiger charge is 2.10. The molecule has 0 spiro atoms. The number of hydrogen-bond donors (Lipinski definition) is 1. The first-order chi connectivity index (χ1) is 10.1. The van der Waals surface area contributed by atoms with Crippen LogP contribution >= 0.6 is 11.8 Å². The van der Waals surface area contributed by atoms with Gasteiger partial charge in [0.1, 0.15) is 5.03 Å². The van der Waals surface area contributed by atoms with E-state index in [0.29, 0.717) is 12.3 Å². The SMILES string of the molecule is C[C@H](CNC(=O)CSc1nccc2ccccc12)[S@@](C)=O. The third kappa shape index (κ3) is 4.54. The lowest BCUT2D eigenvalue weighted by Gasteiger charge is -2.10. The summed E-state index contributed by atoms with van der Waals surface area (Å²) in [6.45, 7) is 2.29. The van der Waals surface area contributed by atoms with Crippen molar-refractivity contribution in [2.75, 3.05) is 18.6 Å². The maximum Gasteiger partial charge on any atom is 0.230 e. The van der Waals surface area contributed by atoms with Crippen LogP contribution in [-0.2, 0) is 15.6 Å². The van der Waals surface area contributed by atoms with Gasteiger partial charge in [-0.25, -0.2) is 4.98 Å². The zero-order chi connectivity index (χ0) is 15.2. The van der Waals surface area contributed by atoms with E-state index in [4.69, 9.17) is 0 Å². The molecular formula is C15H18N2O2S2. The molecule has 2 aromatic rings. The van der Waals surface area contributed by atoms with E-state index < -0.39 is 10.8 Å². The molecule has 0 aliphatic heterocycles. The molecule has 2 atom stereocenters. The van der Waals surface area contributed by atoms with Gasteiger partial charge in [-0.3, -0.25) is 9.00 Å². The second-order valence-electron chi connectivity index (χ2n) is 4.74. The van der Waals surface area contributed by atoms with Gasteiger partial charge >= 0.3 is 0 Å². The van der Waals surface area contributed by atoms with Crippen LogP contribution in [0, 0.1) is 0 Å².